The van der Waals surface area contributed by atoms with E-state index in [2.05, 4.69) is 0 Å². The molecular formula is C40H58N4O10. The van der Waals surface area contributed by atoms with Crippen LogP contribution in [0.1, 0.15) is 75.3 Å². The normalized spacial score (nSPS) is 16.6. The second-order valence-corrected chi connectivity index (χ2v) is 14.4. The highest BCUT2D eigenvalue weighted by atomic mass is 16.6. The van der Waals surface area contributed by atoms with E-state index in [4.69, 9.17) is 24.7 Å². The number of likely N-dealkylation sites (N-methyl/N-ethyl adjacent to an activating group) is 2. The van der Waals surface area contributed by atoms with E-state index >= 15 is 0 Å². The number of nitro benzene ring substituents is 1. The molecule has 0 radical (unpaired) electrons. The highest BCUT2D eigenvalue weighted by molar-refractivity contribution is 5.89. The summed E-state index contributed by atoms with van der Waals surface area (Å²) < 4.78 is 20.3. The maximum Gasteiger partial charge on any atom is 0.328 e. The van der Waals surface area contributed by atoms with Crippen molar-refractivity contribution < 1.29 is 43.0 Å². The van der Waals surface area contributed by atoms with Gasteiger partial charge in [-0.25, -0.2) is 9.59 Å². The Morgan fingerprint density at radius 2 is 1.04 bits per heavy atom. The van der Waals surface area contributed by atoms with E-state index in [9.17, 15) is 29.3 Å². The Balaban J connectivity index is 0.000000291. The van der Waals surface area contributed by atoms with Crippen LogP contribution in [0.15, 0.2) is 48.5 Å². The SMILES string of the molecule is COCCC1(C(=O)N(C)C(Cc2ccc(N)cc2)C(=O)OC)CCCC1.COCCC1(C(=O)N(C)C(Cc2ccc([N+](=O)[O-])cc2)C(=O)OC)CCCC1. The number of ether oxygens (including phenoxy) is 4. The molecule has 14 heteroatoms. The van der Waals surface area contributed by atoms with E-state index in [-0.39, 0.29) is 23.9 Å². The molecule has 4 rings (SSSR count). The molecule has 298 valence electrons. The van der Waals surface area contributed by atoms with Gasteiger partial charge in [0.2, 0.25) is 11.8 Å². The number of carbonyl (C=O) groups excluding carboxylic acids is 4. The first-order valence-corrected chi connectivity index (χ1v) is 18.5. The number of benzene rings is 2. The van der Waals surface area contributed by atoms with Gasteiger partial charge in [0, 0.05) is 72.2 Å². The van der Waals surface area contributed by atoms with Crippen LogP contribution in [0.2, 0.25) is 0 Å². The highest BCUT2D eigenvalue weighted by Crippen LogP contribution is 2.44. The summed E-state index contributed by atoms with van der Waals surface area (Å²) in [6.45, 7) is 1.03. The lowest BCUT2D eigenvalue weighted by Gasteiger charge is -2.35. The van der Waals surface area contributed by atoms with Gasteiger partial charge in [0.15, 0.2) is 0 Å². The summed E-state index contributed by atoms with van der Waals surface area (Å²) in [5.74, 6) is -0.969. The summed E-state index contributed by atoms with van der Waals surface area (Å²) >= 11 is 0. The molecule has 2 aliphatic carbocycles. The van der Waals surface area contributed by atoms with Gasteiger partial charge in [-0.2, -0.15) is 0 Å². The number of hydrogen-bond acceptors (Lipinski definition) is 11. The van der Waals surface area contributed by atoms with Gasteiger partial charge >= 0.3 is 11.9 Å². The fraction of sp³-hybridized carbons (Fsp3) is 0.600. The Hall–Kier alpha value is -4.56. The van der Waals surface area contributed by atoms with Crippen LogP contribution in [0, 0.1) is 20.9 Å². The first-order valence-electron chi connectivity index (χ1n) is 18.5. The van der Waals surface area contributed by atoms with Gasteiger partial charge in [-0.15, -0.1) is 0 Å². The maximum atomic E-state index is 13.3. The summed E-state index contributed by atoms with van der Waals surface area (Å²) in [5.41, 5.74) is 7.09. The van der Waals surface area contributed by atoms with Gasteiger partial charge in [0.1, 0.15) is 12.1 Å². The number of nitrogen functional groups attached to an aromatic ring is 1. The van der Waals surface area contributed by atoms with E-state index in [1.165, 1.54) is 31.3 Å². The summed E-state index contributed by atoms with van der Waals surface area (Å²) in [4.78, 5) is 64.9. The van der Waals surface area contributed by atoms with Gasteiger partial charge < -0.3 is 34.5 Å². The number of nitrogens with zero attached hydrogens (tertiary/aromatic N) is 3. The number of nitro groups is 1. The van der Waals surface area contributed by atoms with E-state index < -0.39 is 39.8 Å². The van der Waals surface area contributed by atoms with Crippen LogP contribution in [-0.2, 0) is 51.0 Å². The number of carbonyl (C=O) groups is 4. The zero-order valence-electron chi connectivity index (χ0n) is 32.7. The predicted octanol–water partition coefficient (Wildman–Crippen LogP) is 5.14. The van der Waals surface area contributed by atoms with E-state index in [0.29, 0.717) is 38.2 Å². The minimum absolute atomic E-state index is 0.0119. The first-order chi connectivity index (χ1) is 25.8. The molecule has 0 spiro atoms. The number of amides is 2. The van der Waals surface area contributed by atoms with Gasteiger partial charge in [0.25, 0.3) is 5.69 Å². The molecule has 0 aliphatic heterocycles. The summed E-state index contributed by atoms with van der Waals surface area (Å²) in [5, 5.41) is 10.8. The standard InChI is InChI=1S/C20H28N2O6.C20H30N2O4/c1-21(19(24)20(12-13-27-2)10-4-5-11-20)17(18(23)28-3)14-15-6-8-16(9-7-15)22(25)26;1-22(19(24)20(12-13-25-2)10-4-5-11-20)17(18(23)26-3)14-15-6-8-16(21)9-7-15/h6-9,17H,4-5,10-14H2,1-3H3;6-9,17H,4-5,10-14,21H2,1-3H3. The van der Waals surface area contributed by atoms with Gasteiger partial charge in [-0.1, -0.05) is 49.9 Å². The third-order valence-electron chi connectivity index (χ3n) is 11.1. The second kappa shape index (κ2) is 20.8. The van der Waals surface area contributed by atoms with Gasteiger partial charge in [-0.3, -0.25) is 19.7 Å². The largest absolute Gasteiger partial charge is 0.467 e. The minimum atomic E-state index is -0.793. The fourth-order valence-corrected chi connectivity index (χ4v) is 7.75. The van der Waals surface area contributed by atoms with Gasteiger partial charge in [0.05, 0.1) is 30.0 Å². The van der Waals surface area contributed by atoms with Crippen LogP contribution < -0.4 is 5.73 Å². The Kier molecular flexibility index (Phi) is 16.9. The van der Waals surface area contributed by atoms with Crippen molar-refractivity contribution in [3.63, 3.8) is 0 Å². The smallest absolute Gasteiger partial charge is 0.328 e. The number of non-ortho nitro benzene ring substituents is 1. The van der Waals surface area contributed by atoms with Crippen molar-refractivity contribution >= 4 is 35.1 Å². The molecule has 54 heavy (non-hydrogen) atoms. The number of methoxy groups -OCH3 is 4. The average molecular weight is 755 g/mol. The van der Waals surface area contributed by atoms with Crippen molar-refractivity contribution in [3.8, 4) is 0 Å². The van der Waals surface area contributed by atoms with Crippen molar-refractivity contribution in [3.05, 3.63) is 69.8 Å². The molecule has 2 unspecified atom stereocenters. The lowest BCUT2D eigenvalue weighted by Crippen LogP contribution is -2.50. The highest BCUT2D eigenvalue weighted by Gasteiger charge is 2.46. The number of esters is 2. The molecule has 2 aliphatic rings. The molecule has 0 bridgehead atoms. The van der Waals surface area contributed by atoms with E-state index in [0.717, 1.165) is 62.5 Å². The van der Waals surface area contributed by atoms with Crippen LogP contribution in [-0.4, -0.2) is 106 Å². The predicted molar refractivity (Wildman–Crippen MR) is 203 cm³/mol. The summed E-state index contributed by atoms with van der Waals surface area (Å²) in [6, 6.07) is 11.9. The minimum Gasteiger partial charge on any atom is -0.467 e. The lowest BCUT2D eigenvalue weighted by atomic mass is 9.81. The fourth-order valence-electron chi connectivity index (χ4n) is 7.75. The van der Waals surface area contributed by atoms with Gasteiger partial charge in [-0.05, 0) is 61.8 Å². The van der Waals surface area contributed by atoms with Crippen LogP contribution in [0.4, 0.5) is 11.4 Å². The molecule has 2 aromatic carbocycles. The third-order valence-corrected chi connectivity index (χ3v) is 11.1. The molecule has 14 nitrogen and oxygen atoms in total. The number of rotatable bonds is 17. The number of hydrogen-bond donors (Lipinski definition) is 1. The van der Waals surface area contributed by atoms with E-state index in [1.807, 2.05) is 12.1 Å². The molecule has 0 saturated heterocycles. The average Bonchev–Trinajstić information content (AvgIpc) is 3.88. The molecule has 2 fully saturated rings. The lowest BCUT2D eigenvalue weighted by molar-refractivity contribution is -0.384. The molecule has 0 aromatic heterocycles. The Labute approximate surface area is 318 Å². The quantitative estimate of drug-likeness (QED) is 0.0978. The number of nitrogens with two attached hydrogens (primary N) is 1. The Morgan fingerprint density at radius 1 is 0.685 bits per heavy atom. The third kappa shape index (κ3) is 11.2. The number of anilines is 1. The van der Waals surface area contributed by atoms with Crippen molar-refractivity contribution in [2.24, 2.45) is 10.8 Å². The topological polar surface area (TPSA) is 181 Å². The monoisotopic (exact) mass is 754 g/mol. The van der Waals surface area contributed by atoms with Crippen LogP contribution >= 0.6 is 0 Å². The van der Waals surface area contributed by atoms with E-state index in [1.54, 1.807) is 57.5 Å². The van der Waals surface area contributed by atoms with Crippen LogP contribution in [0.3, 0.4) is 0 Å². The Morgan fingerprint density at radius 3 is 1.35 bits per heavy atom. The molecule has 2 N–H and O–H groups in total. The van der Waals surface area contributed by atoms with Crippen molar-refractivity contribution in [2.45, 2.75) is 89.1 Å². The van der Waals surface area contributed by atoms with Crippen molar-refractivity contribution in [2.75, 3.05) is 61.5 Å². The zero-order chi connectivity index (χ0) is 39.9. The first kappa shape index (κ1) is 43.8. The van der Waals surface area contributed by atoms with Crippen LogP contribution in [0.25, 0.3) is 0 Å². The Bertz CT molecular complexity index is 1540. The molecule has 2 amide bonds. The second-order valence-electron chi connectivity index (χ2n) is 14.4. The van der Waals surface area contributed by atoms with Crippen molar-refractivity contribution in [1.29, 1.82) is 0 Å². The summed E-state index contributed by atoms with van der Waals surface area (Å²) in [6.07, 6.45) is 9.21. The van der Waals surface area contributed by atoms with Crippen molar-refractivity contribution in [1.82, 2.24) is 9.80 Å². The summed E-state index contributed by atoms with van der Waals surface area (Å²) in [7, 11) is 9.24. The van der Waals surface area contributed by atoms with Crippen LogP contribution in [0.5, 0.6) is 0 Å². The molecule has 2 atom stereocenters. The molecule has 2 saturated carbocycles. The molecule has 0 heterocycles. The molecule has 2 aromatic rings. The zero-order valence-corrected chi connectivity index (χ0v) is 32.7. The molecular weight excluding hydrogens is 696 g/mol. The maximum absolute atomic E-state index is 13.3.